The fourth-order valence-electron chi connectivity index (χ4n) is 1.92. The summed E-state index contributed by atoms with van der Waals surface area (Å²) in [6.45, 7) is 6.88. The Balaban J connectivity index is 0.00000441. The number of aliphatic imine (C=N–C) groups is 1. The fraction of sp³-hybridized carbons (Fsp3) is 0.562. The van der Waals surface area contributed by atoms with Gasteiger partial charge in [0.25, 0.3) is 0 Å². The lowest BCUT2D eigenvalue weighted by Crippen LogP contribution is -2.43. The fourth-order valence-corrected chi connectivity index (χ4v) is 1.92. The number of nitrogens with zero attached hydrogens (tertiary/aromatic N) is 1. The Kier molecular flexibility index (Phi) is 12.2. The maximum absolute atomic E-state index is 5.12. The van der Waals surface area contributed by atoms with Gasteiger partial charge >= 0.3 is 0 Å². The Bertz CT molecular complexity index is 424. The Labute approximate surface area is 150 Å². The third-order valence-electron chi connectivity index (χ3n) is 2.90. The zero-order chi connectivity index (χ0) is 15.5. The molecule has 1 atom stereocenters. The summed E-state index contributed by atoms with van der Waals surface area (Å²) in [5.74, 6) is 0.808. The number of rotatable bonds is 8. The van der Waals surface area contributed by atoms with Crippen LogP contribution in [0.4, 0.5) is 0 Å². The first-order valence-corrected chi connectivity index (χ1v) is 7.30. The standard InChI is InChI=1S/C16H27N3O2.HI/c1-5-17-16(19-13(2)11-20-3)18-10-14-6-8-15(9-7-14)12-21-4;/h6-9,13H,5,10-12H2,1-4H3,(H2,17,18,19);1H. The Morgan fingerprint density at radius 2 is 1.77 bits per heavy atom. The second-order valence-electron chi connectivity index (χ2n) is 4.95. The van der Waals surface area contributed by atoms with E-state index in [1.807, 2.05) is 0 Å². The summed E-state index contributed by atoms with van der Waals surface area (Å²) in [5.41, 5.74) is 2.34. The summed E-state index contributed by atoms with van der Waals surface area (Å²) >= 11 is 0. The van der Waals surface area contributed by atoms with Gasteiger partial charge in [-0.05, 0) is 25.0 Å². The molecule has 0 fully saturated rings. The number of hydrogen-bond acceptors (Lipinski definition) is 3. The van der Waals surface area contributed by atoms with Crippen molar-refractivity contribution in [3.05, 3.63) is 35.4 Å². The molecular formula is C16H28IN3O2. The van der Waals surface area contributed by atoms with Crippen LogP contribution in [0.15, 0.2) is 29.3 Å². The minimum absolute atomic E-state index is 0. The highest BCUT2D eigenvalue weighted by Gasteiger charge is 2.04. The summed E-state index contributed by atoms with van der Waals surface area (Å²) < 4.78 is 10.2. The average Bonchev–Trinajstić information content (AvgIpc) is 2.47. The largest absolute Gasteiger partial charge is 0.383 e. The third kappa shape index (κ3) is 8.55. The first kappa shape index (κ1) is 21.1. The van der Waals surface area contributed by atoms with Crippen LogP contribution < -0.4 is 10.6 Å². The third-order valence-corrected chi connectivity index (χ3v) is 2.90. The van der Waals surface area contributed by atoms with Crippen molar-refractivity contribution in [2.45, 2.75) is 33.0 Å². The molecule has 0 amide bonds. The van der Waals surface area contributed by atoms with Gasteiger partial charge in [0.2, 0.25) is 0 Å². The molecule has 0 radical (unpaired) electrons. The molecule has 0 aliphatic rings. The van der Waals surface area contributed by atoms with Crippen LogP contribution in [0, 0.1) is 0 Å². The van der Waals surface area contributed by atoms with E-state index >= 15 is 0 Å². The predicted molar refractivity (Wildman–Crippen MR) is 102 cm³/mol. The van der Waals surface area contributed by atoms with E-state index in [-0.39, 0.29) is 30.0 Å². The summed E-state index contributed by atoms with van der Waals surface area (Å²) in [5, 5.41) is 6.55. The smallest absolute Gasteiger partial charge is 0.191 e. The van der Waals surface area contributed by atoms with Crippen molar-refractivity contribution in [3.63, 3.8) is 0 Å². The van der Waals surface area contributed by atoms with E-state index in [2.05, 4.69) is 53.7 Å². The summed E-state index contributed by atoms with van der Waals surface area (Å²) in [4.78, 5) is 4.59. The molecule has 0 aliphatic heterocycles. The van der Waals surface area contributed by atoms with Gasteiger partial charge in [0.15, 0.2) is 5.96 Å². The molecule has 0 saturated heterocycles. The maximum Gasteiger partial charge on any atom is 0.191 e. The van der Waals surface area contributed by atoms with Crippen molar-refractivity contribution in [1.29, 1.82) is 0 Å². The van der Waals surface area contributed by atoms with Gasteiger partial charge in [-0.25, -0.2) is 4.99 Å². The maximum atomic E-state index is 5.12. The van der Waals surface area contributed by atoms with Crippen molar-refractivity contribution in [2.75, 3.05) is 27.4 Å². The molecule has 0 aromatic heterocycles. The van der Waals surface area contributed by atoms with Crippen LogP contribution in [0.1, 0.15) is 25.0 Å². The predicted octanol–water partition coefficient (Wildman–Crippen LogP) is 2.54. The van der Waals surface area contributed by atoms with E-state index in [1.165, 1.54) is 11.1 Å². The first-order chi connectivity index (χ1) is 10.2. The Hall–Kier alpha value is -0.860. The topological polar surface area (TPSA) is 54.9 Å². The Morgan fingerprint density at radius 1 is 1.14 bits per heavy atom. The zero-order valence-electron chi connectivity index (χ0n) is 13.9. The van der Waals surface area contributed by atoms with Gasteiger partial charge < -0.3 is 20.1 Å². The monoisotopic (exact) mass is 421 g/mol. The van der Waals surface area contributed by atoms with E-state index in [0.717, 1.165) is 12.5 Å². The molecule has 0 spiro atoms. The van der Waals surface area contributed by atoms with Gasteiger partial charge in [-0.15, -0.1) is 24.0 Å². The van der Waals surface area contributed by atoms with Crippen LogP contribution in [-0.4, -0.2) is 39.4 Å². The molecular weight excluding hydrogens is 393 g/mol. The highest BCUT2D eigenvalue weighted by Crippen LogP contribution is 2.06. The number of guanidine groups is 1. The quantitative estimate of drug-likeness (QED) is 0.385. The molecule has 1 unspecified atom stereocenters. The summed E-state index contributed by atoms with van der Waals surface area (Å²) in [6, 6.07) is 8.53. The molecule has 1 rings (SSSR count). The molecule has 6 heteroatoms. The number of ether oxygens (including phenoxy) is 2. The van der Waals surface area contributed by atoms with Crippen LogP contribution in [-0.2, 0) is 22.6 Å². The minimum Gasteiger partial charge on any atom is -0.383 e. The molecule has 2 N–H and O–H groups in total. The number of hydrogen-bond donors (Lipinski definition) is 2. The van der Waals surface area contributed by atoms with Crippen LogP contribution in [0.3, 0.4) is 0 Å². The van der Waals surface area contributed by atoms with Crippen molar-refractivity contribution in [3.8, 4) is 0 Å². The number of methoxy groups -OCH3 is 2. The first-order valence-electron chi connectivity index (χ1n) is 7.30. The molecule has 0 bridgehead atoms. The van der Waals surface area contributed by atoms with E-state index < -0.39 is 0 Å². The lowest BCUT2D eigenvalue weighted by molar-refractivity contribution is 0.179. The van der Waals surface area contributed by atoms with Gasteiger partial charge in [0.05, 0.1) is 19.8 Å². The molecule has 0 saturated carbocycles. The molecule has 0 heterocycles. The summed E-state index contributed by atoms with van der Waals surface area (Å²) in [7, 11) is 3.40. The van der Waals surface area contributed by atoms with E-state index in [1.54, 1.807) is 14.2 Å². The van der Waals surface area contributed by atoms with Crippen LogP contribution in [0.25, 0.3) is 0 Å². The number of halogens is 1. The highest BCUT2D eigenvalue weighted by atomic mass is 127. The van der Waals surface area contributed by atoms with Crippen LogP contribution in [0.2, 0.25) is 0 Å². The number of benzene rings is 1. The molecule has 22 heavy (non-hydrogen) atoms. The summed E-state index contributed by atoms with van der Waals surface area (Å²) in [6.07, 6.45) is 0. The zero-order valence-corrected chi connectivity index (χ0v) is 16.2. The molecule has 1 aromatic rings. The lowest BCUT2D eigenvalue weighted by Gasteiger charge is -2.17. The average molecular weight is 421 g/mol. The van der Waals surface area contributed by atoms with Crippen LogP contribution >= 0.6 is 24.0 Å². The highest BCUT2D eigenvalue weighted by molar-refractivity contribution is 14.0. The van der Waals surface area contributed by atoms with Crippen molar-refractivity contribution < 1.29 is 9.47 Å². The number of nitrogens with one attached hydrogen (secondary N) is 2. The van der Waals surface area contributed by atoms with Crippen molar-refractivity contribution >= 4 is 29.9 Å². The Morgan fingerprint density at radius 3 is 2.32 bits per heavy atom. The van der Waals surface area contributed by atoms with Gasteiger partial charge in [-0.2, -0.15) is 0 Å². The van der Waals surface area contributed by atoms with Gasteiger partial charge in [0.1, 0.15) is 0 Å². The van der Waals surface area contributed by atoms with Crippen LogP contribution in [0.5, 0.6) is 0 Å². The van der Waals surface area contributed by atoms with Gasteiger partial charge in [-0.1, -0.05) is 24.3 Å². The van der Waals surface area contributed by atoms with E-state index in [9.17, 15) is 0 Å². The van der Waals surface area contributed by atoms with Gasteiger partial charge in [0, 0.05) is 26.8 Å². The van der Waals surface area contributed by atoms with E-state index in [0.29, 0.717) is 19.8 Å². The minimum atomic E-state index is 0. The second kappa shape index (κ2) is 12.7. The normalized spacial score (nSPS) is 12.5. The van der Waals surface area contributed by atoms with Crippen molar-refractivity contribution in [2.24, 2.45) is 4.99 Å². The van der Waals surface area contributed by atoms with Gasteiger partial charge in [-0.3, -0.25) is 0 Å². The van der Waals surface area contributed by atoms with Crippen molar-refractivity contribution in [1.82, 2.24) is 10.6 Å². The second-order valence-corrected chi connectivity index (χ2v) is 4.95. The molecule has 126 valence electrons. The molecule has 0 aliphatic carbocycles. The SMILES string of the molecule is CCNC(=NCc1ccc(COC)cc1)NC(C)COC.I. The lowest BCUT2D eigenvalue weighted by atomic mass is 10.1. The van der Waals surface area contributed by atoms with E-state index in [4.69, 9.17) is 9.47 Å². The molecule has 1 aromatic carbocycles. The molecule has 5 nitrogen and oxygen atoms in total.